The molecule has 17 heavy (non-hydrogen) atoms. The van der Waals surface area contributed by atoms with E-state index in [-0.39, 0.29) is 23.6 Å². The first kappa shape index (κ1) is 10.8. The Balaban J connectivity index is 1.99. The Bertz CT molecular complexity index is 477. The average Bonchev–Trinajstić information content (AvgIpc) is 3.04. The lowest BCUT2D eigenvalue weighted by molar-refractivity contribution is -0.138. The van der Waals surface area contributed by atoms with Crippen LogP contribution in [0.4, 0.5) is 4.39 Å². The highest BCUT2D eigenvalue weighted by Gasteiger charge is 2.53. The molecule has 2 aliphatic carbocycles. The normalized spacial score (nSPS) is 24.4. The maximum absolute atomic E-state index is 13.3. The molecule has 0 aliphatic heterocycles. The molecule has 0 heterocycles. The molecule has 0 amide bonds. The number of aryl methyl sites for hydroxylation is 1. The van der Waals surface area contributed by atoms with Crippen molar-refractivity contribution in [1.82, 2.24) is 0 Å². The minimum Gasteiger partial charge on any atom is -0.481 e. The van der Waals surface area contributed by atoms with Crippen molar-refractivity contribution in [2.24, 2.45) is 5.92 Å². The number of carbonyl (C=O) groups is 1. The first-order valence-corrected chi connectivity index (χ1v) is 6.12. The van der Waals surface area contributed by atoms with Gasteiger partial charge in [-0.05, 0) is 60.3 Å². The van der Waals surface area contributed by atoms with Crippen LogP contribution >= 0.6 is 0 Å². The quantitative estimate of drug-likeness (QED) is 0.854. The average molecular weight is 234 g/mol. The van der Waals surface area contributed by atoms with Gasteiger partial charge in [-0.2, -0.15) is 0 Å². The smallest absolute Gasteiger partial charge is 0.303 e. The lowest BCUT2D eigenvalue weighted by Gasteiger charge is -2.33. The van der Waals surface area contributed by atoms with Gasteiger partial charge in [0.15, 0.2) is 0 Å². The molecule has 1 aromatic rings. The number of hydrogen-bond acceptors (Lipinski definition) is 1. The zero-order valence-electron chi connectivity index (χ0n) is 9.58. The van der Waals surface area contributed by atoms with E-state index in [2.05, 4.69) is 0 Å². The molecule has 2 aliphatic rings. The van der Waals surface area contributed by atoms with E-state index in [0.717, 1.165) is 31.2 Å². The van der Waals surface area contributed by atoms with E-state index in [1.807, 2.05) is 6.07 Å². The summed E-state index contributed by atoms with van der Waals surface area (Å²) in [5.74, 6) is -0.749. The second-order valence-corrected chi connectivity index (χ2v) is 5.29. The lowest BCUT2D eigenvalue weighted by Crippen LogP contribution is -2.29. The Morgan fingerprint density at radius 3 is 2.88 bits per heavy atom. The number of benzene rings is 1. The summed E-state index contributed by atoms with van der Waals surface area (Å²) in [5, 5.41) is 8.95. The molecule has 1 spiro atoms. The number of rotatable bonds is 2. The van der Waals surface area contributed by atoms with Gasteiger partial charge in [0.25, 0.3) is 0 Å². The fourth-order valence-corrected chi connectivity index (χ4v) is 3.38. The van der Waals surface area contributed by atoms with Crippen LogP contribution in [0.3, 0.4) is 0 Å². The molecular weight excluding hydrogens is 219 g/mol. The van der Waals surface area contributed by atoms with Crippen molar-refractivity contribution in [2.75, 3.05) is 0 Å². The molecule has 0 aromatic heterocycles. The van der Waals surface area contributed by atoms with Gasteiger partial charge < -0.3 is 5.11 Å². The van der Waals surface area contributed by atoms with E-state index in [0.29, 0.717) is 0 Å². The predicted molar refractivity (Wildman–Crippen MR) is 61.4 cm³/mol. The standard InChI is InChI=1S/C14H15FO2/c15-11-4-2-9-1-3-10(7-13(16)17)14(5-6-14)12(9)8-11/h2,4,8,10H,1,3,5-7H2,(H,16,17). The first-order chi connectivity index (χ1) is 8.12. The molecule has 0 bridgehead atoms. The van der Waals surface area contributed by atoms with Gasteiger partial charge in [0, 0.05) is 6.42 Å². The van der Waals surface area contributed by atoms with Crippen molar-refractivity contribution in [3.05, 3.63) is 35.1 Å². The highest BCUT2D eigenvalue weighted by molar-refractivity contribution is 5.68. The molecule has 0 radical (unpaired) electrons. The summed E-state index contributed by atoms with van der Waals surface area (Å²) < 4.78 is 13.3. The summed E-state index contributed by atoms with van der Waals surface area (Å²) in [4.78, 5) is 10.9. The van der Waals surface area contributed by atoms with E-state index in [9.17, 15) is 9.18 Å². The SMILES string of the molecule is O=C(O)CC1CCc2ccc(F)cc2C12CC2. The highest BCUT2D eigenvalue weighted by atomic mass is 19.1. The molecule has 1 aromatic carbocycles. The number of hydrogen-bond donors (Lipinski definition) is 1. The summed E-state index contributed by atoms with van der Waals surface area (Å²) >= 11 is 0. The van der Waals surface area contributed by atoms with Crippen molar-refractivity contribution in [2.45, 2.75) is 37.5 Å². The summed E-state index contributed by atoms with van der Waals surface area (Å²) in [6.45, 7) is 0. The fourth-order valence-electron chi connectivity index (χ4n) is 3.38. The fraction of sp³-hybridized carbons (Fsp3) is 0.500. The maximum Gasteiger partial charge on any atom is 0.303 e. The molecule has 0 saturated heterocycles. The molecular formula is C14H15FO2. The second kappa shape index (κ2) is 3.56. The van der Waals surface area contributed by atoms with Crippen molar-refractivity contribution < 1.29 is 14.3 Å². The minimum atomic E-state index is -0.735. The van der Waals surface area contributed by atoms with Gasteiger partial charge in [-0.1, -0.05) is 6.07 Å². The third kappa shape index (κ3) is 1.65. The van der Waals surface area contributed by atoms with Crippen LogP contribution in [-0.4, -0.2) is 11.1 Å². The van der Waals surface area contributed by atoms with E-state index in [4.69, 9.17) is 5.11 Å². The van der Waals surface area contributed by atoms with Crippen LogP contribution in [0.1, 0.15) is 36.8 Å². The van der Waals surface area contributed by atoms with Gasteiger partial charge in [-0.3, -0.25) is 4.79 Å². The Morgan fingerprint density at radius 2 is 2.24 bits per heavy atom. The maximum atomic E-state index is 13.3. The van der Waals surface area contributed by atoms with Crippen LogP contribution in [-0.2, 0) is 16.6 Å². The number of halogens is 1. The monoisotopic (exact) mass is 234 g/mol. The van der Waals surface area contributed by atoms with Crippen LogP contribution in [0, 0.1) is 11.7 Å². The summed E-state index contributed by atoms with van der Waals surface area (Å²) in [5.41, 5.74) is 2.27. The van der Waals surface area contributed by atoms with Crippen molar-refractivity contribution in [3.8, 4) is 0 Å². The number of aliphatic carboxylic acids is 1. The Hall–Kier alpha value is -1.38. The first-order valence-electron chi connectivity index (χ1n) is 6.12. The second-order valence-electron chi connectivity index (χ2n) is 5.29. The number of carboxylic acid groups (broad SMARTS) is 1. The summed E-state index contributed by atoms with van der Waals surface area (Å²) in [6, 6.07) is 4.99. The topological polar surface area (TPSA) is 37.3 Å². The van der Waals surface area contributed by atoms with E-state index in [1.54, 1.807) is 6.07 Å². The van der Waals surface area contributed by atoms with Crippen molar-refractivity contribution in [1.29, 1.82) is 0 Å². The number of fused-ring (bicyclic) bond motifs is 2. The van der Waals surface area contributed by atoms with Crippen LogP contribution in [0.15, 0.2) is 18.2 Å². The summed E-state index contributed by atoms with van der Waals surface area (Å²) in [7, 11) is 0. The van der Waals surface area contributed by atoms with Gasteiger partial charge in [-0.25, -0.2) is 4.39 Å². The Kier molecular flexibility index (Phi) is 2.25. The molecule has 1 saturated carbocycles. The largest absolute Gasteiger partial charge is 0.481 e. The van der Waals surface area contributed by atoms with Gasteiger partial charge in [0.1, 0.15) is 5.82 Å². The zero-order chi connectivity index (χ0) is 12.0. The predicted octanol–water partition coefficient (Wildman–Crippen LogP) is 2.89. The third-order valence-corrected chi connectivity index (χ3v) is 4.36. The van der Waals surface area contributed by atoms with Crippen LogP contribution in [0.5, 0.6) is 0 Å². The van der Waals surface area contributed by atoms with Gasteiger partial charge in [-0.15, -0.1) is 0 Å². The van der Waals surface area contributed by atoms with Crippen molar-refractivity contribution in [3.63, 3.8) is 0 Å². The van der Waals surface area contributed by atoms with E-state index >= 15 is 0 Å². The summed E-state index contributed by atoms with van der Waals surface area (Å²) in [6.07, 6.45) is 4.05. The molecule has 1 atom stereocenters. The third-order valence-electron chi connectivity index (χ3n) is 4.36. The molecule has 90 valence electrons. The Morgan fingerprint density at radius 1 is 1.47 bits per heavy atom. The highest BCUT2D eigenvalue weighted by Crippen LogP contribution is 2.59. The molecule has 1 unspecified atom stereocenters. The lowest BCUT2D eigenvalue weighted by atomic mass is 9.71. The van der Waals surface area contributed by atoms with Crippen LogP contribution in [0.25, 0.3) is 0 Å². The molecule has 2 nitrogen and oxygen atoms in total. The van der Waals surface area contributed by atoms with Crippen LogP contribution in [0.2, 0.25) is 0 Å². The van der Waals surface area contributed by atoms with Gasteiger partial charge in [0.2, 0.25) is 0 Å². The minimum absolute atomic E-state index is 0.0198. The Labute approximate surface area is 99.5 Å². The van der Waals surface area contributed by atoms with E-state index < -0.39 is 5.97 Å². The van der Waals surface area contributed by atoms with E-state index in [1.165, 1.54) is 11.6 Å². The molecule has 1 N–H and O–H groups in total. The molecule has 3 heteroatoms. The van der Waals surface area contributed by atoms with Crippen LogP contribution < -0.4 is 0 Å². The zero-order valence-corrected chi connectivity index (χ0v) is 9.58. The van der Waals surface area contributed by atoms with Crippen molar-refractivity contribution >= 4 is 5.97 Å². The number of carboxylic acids is 1. The van der Waals surface area contributed by atoms with Gasteiger partial charge in [0.05, 0.1) is 0 Å². The molecule has 1 fully saturated rings. The van der Waals surface area contributed by atoms with Gasteiger partial charge >= 0.3 is 5.97 Å². The molecule has 3 rings (SSSR count).